The van der Waals surface area contributed by atoms with Crippen molar-refractivity contribution in [2.75, 3.05) is 0 Å². The molecule has 0 aromatic carbocycles. The van der Waals surface area contributed by atoms with E-state index in [1.54, 1.807) is 24.5 Å². The molecule has 0 bridgehead atoms. The monoisotopic (exact) mass is 303 g/mol. The van der Waals surface area contributed by atoms with Crippen LogP contribution in [0.3, 0.4) is 0 Å². The Bertz CT molecular complexity index is 652. The van der Waals surface area contributed by atoms with Gasteiger partial charge < -0.3 is 14.9 Å². The van der Waals surface area contributed by atoms with Crippen molar-refractivity contribution in [2.24, 2.45) is 5.92 Å². The number of hydrogen-bond donors (Lipinski definition) is 2. The summed E-state index contributed by atoms with van der Waals surface area (Å²) in [5.41, 5.74) is 0.722. The molecule has 0 aliphatic rings. The van der Waals surface area contributed by atoms with Crippen LogP contribution in [0.25, 0.3) is 11.3 Å². The number of hydrogen-bond acceptors (Lipinski definition) is 5. The summed E-state index contributed by atoms with van der Waals surface area (Å²) in [6.45, 7) is 3.78. The van der Waals surface area contributed by atoms with Gasteiger partial charge in [-0.3, -0.25) is 9.78 Å². The first-order valence-electron chi connectivity index (χ1n) is 6.88. The zero-order valence-electron chi connectivity index (χ0n) is 12.3. The average molecular weight is 303 g/mol. The summed E-state index contributed by atoms with van der Waals surface area (Å²) in [5, 5.41) is 15.3. The van der Waals surface area contributed by atoms with Gasteiger partial charge >= 0.3 is 5.97 Å². The fourth-order valence-electron chi connectivity index (χ4n) is 1.95. The summed E-state index contributed by atoms with van der Waals surface area (Å²) in [6.07, 6.45) is 3.55. The molecule has 1 atom stereocenters. The molecule has 7 heteroatoms. The van der Waals surface area contributed by atoms with E-state index in [1.165, 1.54) is 6.07 Å². The first-order valence-corrected chi connectivity index (χ1v) is 6.88. The standard InChI is InChI=1S/C15H17N3O4/c1-9(2)6-12(15(20)21)17-14(19)11-7-13(22-18-11)10-4-3-5-16-8-10/h3-5,7-9,12H,6H2,1-2H3,(H,17,19)(H,20,21)/t12-/m0/s1. The molecular formula is C15H17N3O4. The molecule has 2 aromatic rings. The molecule has 22 heavy (non-hydrogen) atoms. The Kier molecular flexibility index (Phi) is 4.88. The average Bonchev–Trinajstić information content (AvgIpc) is 2.96. The fourth-order valence-corrected chi connectivity index (χ4v) is 1.95. The Morgan fingerprint density at radius 1 is 1.41 bits per heavy atom. The second kappa shape index (κ2) is 6.84. The van der Waals surface area contributed by atoms with Crippen molar-refractivity contribution < 1.29 is 19.2 Å². The first kappa shape index (κ1) is 15.7. The Morgan fingerprint density at radius 3 is 2.77 bits per heavy atom. The highest BCUT2D eigenvalue weighted by molar-refractivity contribution is 5.95. The number of nitrogens with zero attached hydrogens (tertiary/aromatic N) is 2. The van der Waals surface area contributed by atoms with Gasteiger partial charge in [0, 0.05) is 24.0 Å². The molecule has 0 saturated heterocycles. The van der Waals surface area contributed by atoms with E-state index in [4.69, 9.17) is 9.63 Å². The third-order valence-corrected chi connectivity index (χ3v) is 3.00. The summed E-state index contributed by atoms with van der Waals surface area (Å²) >= 11 is 0. The van der Waals surface area contributed by atoms with Crippen LogP contribution >= 0.6 is 0 Å². The van der Waals surface area contributed by atoms with Crippen LogP contribution in [0.15, 0.2) is 35.1 Å². The van der Waals surface area contributed by atoms with Gasteiger partial charge in [-0.05, 0) is 24.5 Å². The van der Waals surface area contributed by atoms with Gasteiger partial charge in [0.15, 0.2) is 11.5 Å². The summed E-state index contributed by atoms with van der Waals surface area (Å²) in [5.74, 6) is -1.11. The number of rotatable bonds is 6. The number of aliphatic carboxylic acids is 1. The number of pyridine rings is 1. The molecule has 116 valence electrons. The number of carbonyl (C=O) groups is 2. The van der Waals surface area contributed by atoms with Gasteiger partial charge in [-0.15, -0.1) is 0 Å². The topological polar surface area (TPSA) is 105 Å². The maximum absolute atomic E-state index is 12.1. The maximum atomic E-state index is 12.1. The summed E-state index contributed by atoms with van der Waals surface area (Å²) in [7, 11) is 0. The number of amides is 1. The van der Waals surface area contributed by atoms with E-state index < -0.39 is 17.9 Å². The van der Waals surface area contributed by atoms with Crippen molar-refractivity contribution in [3.63, 3.8) is 0 Å². The molecule has 0 aliphatic carbocycles. The Hall–Kier alpha value is -2.70. The zero-order chi connectivity index (χ0) is 16.1. The molecule has 0 unspecified atom stereocenters. The normalized spacial score (nSPS) is 12.1. The van der Waals surface area contributed by atoms with Crippen LogP contribution in [0.4, 0.5) is 0 Å². The number of nitrogens with one attached hydrogen (secondary N) is 1. The van der Waals surface area contributed by atoms with E-state index in [0.29, 0.717) is 17.7 Å². The second-order valence-electron chi connectivity index (χ2n) is 5.31. The lowest BCUT2D eigenvalue weighted by Crippen LogP contribution is -2.41. The molecule has 0 radical (unpaired) electrons. The van der Waals surface area contributed by atoms with Crippen LogP contribution in [0.2, 0.25) is 0 Å². The Balaban J connectivity index is 2.10. The van der Waals surface area contributed by atoms with Crippen molar-refractivity contribution in [3.05, 3.63) is 36.3 Å². The van der Waals surface area contributed by atoms with E-state index in [9.17, 15) is 9.59 Å². The van der Waals surface area contributed by atoms with Crippen LogP contribution in [0.5, 0.6) is 0 Å². The van der Waals surface area contributed by atoms with Crippen molar-refractivity contribution in [1.82, 2.24) is 15.5 Å². The van der Waals surface area contributed by atoms with E-state index in [-0.39, 0.29) is 11.6 Å². The highest BCUT2D eigenvalue weighted by Gasteiger charge is 2.23. The van der Waals surface area contributed by atoms with E-state index >= 15 is 0 Å². The van der Waals surface area contributed by atoms with Crippen LogP contribution in [-0.4, -0.2) is 33.2 Å². The first-order chi connectivity index (χ1) is 10.5. The van der Waals surface area contributed by atoms with Crippen LogP contribution in [0.1, 0.15) is 30.8 Å². The maximum Gasteiger partial charge on any atom is 0.326 e. The molecule has 1 amide bonds. The molecule has 2 N–H and O–H groups in total. The van der Waals surface area contributed by atoms with Gasteiger partial charge in [0.05, 0.1) is 0 Å². The van der Waals surface area contributed by atoms with Crippen LogP contribution in [-0.2, 0) is 4.79 Å². The molecule has 2 heterocycles. The highest BCUT2D eigenvalue weighted by Crippen LogP contribution is 2.19. The van der Waals surface area contributed by atoms with Gasteiger partial charge in [0.25, 0.3) is 5.91 Å². The van der Waals surface area contributed by atoms with Gasteiger partial charge in [0.2, 0.25) is 0 Å². The van der Waals surface area contributed by atoms with E-state index in [2.05, 4.69) is 15.5 Å². The smallest absolute Gasteiger partial charge is 0.326 e. The van der Waals surface area contributed by atoms with Crippen LogP contribution < -0.4 is 5.32 Å². The molecular weight excluding hydrogens is 286 g/mol. The minimum absolute atomic E-state index is 0.0360. The molecule has 0 saturated carbocycles. The zero-order valence-corrected chi connectivity index (χ0v) is 12.3. The molecule has 2 rings (SSSR count). The lowest BCUT2D eigenvalue weighted by Gasteiger charge is -2.15. The van der Waals surface area contributed by atoms with Gasteiger partial charge in [-0.25, -0.2) is 4.79 Å². The third kappa shape index (κ3) is 3.91. The molecule has 0 spiro atoms. The SMILES string of the molecule is CC(C)C[C@H](NC(=O)c1cc(-c2cccnc2)on1)C(=O)O. The lowest BCUT2D eigenvalue weighted by molar-refractivity contribution is -0.139. The predicted molar refractivity (Wildman–Crippen MR) is 78.1 cm³/mol. The van der Waals surface area contributed by atoms with Crippen molar-refractivity contribution in [3.8, 4) is 11.3 Å². The second-order valence-corrected chi connectivity index (χ2v) is 5.31. The fraction of sp³-hybridized carbons (Fsp3) is 0.333. The van der Waals surface area contributed by atoms with Crippen molar-refractivity contribution in [1.29, 1.82) is 0 Å². The van der Waals surface area contributed by atoms with Gasteiger partial charge in [-0.2, -0.15) is 0 Å². The minimum atomic E-state index is -1.07. The number of carboxylic acid groups (broad SMARTS) is 1. The van der Waals surface area contributed by atoms with Gasteiger partial charge in [-0.1, -0.05) is 19.0 Å². The van der Waals surface area contributed by atoms with Crippen molar-refractivity contribution in [2.45, 2.75) is 26.3 Å². The Morgan fingerprint density at radius 2 is 2.18 bits per heavy atom. The predicted octanol–water partition coefficient (Wildman–Crippen LogP) is 1.97. The minimum Gasteiger partial charge on any atom is -0.480 e. The number of carbonyl (C=O) groups excluding carboxylic acids is 1. The largest absolute Gasteiger partial charge is 0.480 e. The van der Waals surface area contributed by atoms with Gasteiger partial charge in [0.1, 0.15) is 6.04 Å². The molecule has 0 aliphatic heterocycles. The summed E-state index contributed by atoms with van der Waals surface area (Å²) < 4.78 is 5.10. The quantitative estimate of drug-likeness (QED) is 0.845. The van der Waals surface area contributed by atoms with Crippen molar-refractivity contribution >= 4 is 11.9 Å². The number of carboxylic acids is 1. The van der Waals surface area contributed by atoms with E-state index in [1.807, 2.05) is 13.8 Å². The molecule has 2 aromatic heterocycles. The molecule has 0 fully saturated rings. The third-order valence-electron chi connectivity index (χ3n) is 3.00. The number of aromatic nitrogens is 2. The highest BCUT2D eigenvalue weighted by atomic mass is 16.5. The molecule has 7 nitrogen and oxygen atoms in total. The Labute approximate surface area is 127 Å². The summed E-state index contributed by atoms with van der Waals surface area (Å²) in [4.78, 5) is 27.2. The van der Waals surface area contributed by atoms with E-state index in [0.717, 1.165) is 0 Å². The lowest BCUT2D eigenvalue weighted by atomic mass is 10.0. The van der Waals surface area contributed by atoms with Crippen LogP contribution in [0, 0.1) is 5.92 Å². The summed E-state index contributed by atoms with van der Waals surface area (Å²) in [6, 6.07) is 4.01.